The Hall–Kier alpha value is -3.86. The zero-order chi connectivity index (χ0) is 24.6. The maximum absolute atomic E-state index is 13.3. The van der Waals surface area contributed by atoms with Gasteiger partial charge in [-0.25, -0.2) is 9.78 Å². The summed E-state index contributed by atoms with van der Waals surface area (Å²) in [6.45, 7) is 0.724. The summed E-state index contributed by atoms with van der Waals surface area (Å²) in [4.78, 5) is 31.9. The molecule has 1 aliphatic heterocycles. The summed E-state index contributed by atoms with van der Waals surface area (Å²) in [5, 5.41) is 5.09. The van der Waals surface area contributed by atoms with Crippen molar-refractivity contribution < 1.29 is 13.8 Å². The van der Waals surface area contributed by atoms with Crippen LogP contribution in [0.5, 0.6) is 0 Å². The van der Waals surface area contributed by atoms with Crippen molar-refractivity contribution in [2.24, 2.45) is 0 Å². The molecule has 1 amide bonds. The van der Waals surface area contributed by atoms with E-state index in [2.05, 4.69) is 21.4 Å². The van der Waals surface area contributed by atoms with Crippen LogP contribution in [0.15, 0.2) is 86.2 Å². The van der Waals surface area contributed by atoms with Crippen LogP contribution in [0.1, 0.15) is 22.3 Å². The Morgan fingerprint density at radius 3 is 2.83 bits per heavy atom. The third-order valence-electron chi connectivity index (χ3n) is 6.03. The van der Waals surface area contributed by atoms with Crippen LogP contribution in [0, 0.1) is 0 Å². The van der Waals surface area contributed by atoms with Gasteiger partial charge in [0.2, 0.25) is 0 Å². The molecule has 3 heterocycles. The highest BCUT2D eigenvalue weighted by molar-refractivity contribution is 7.92. The maximum atomic E-state index is 13.3. The summed E-state index contributed by atoms with van der Waals surface area (Å²) >= 11 is -0.0556. The molecule has 1 atom stereocenters. The Labute approximate surface area is 212 Å². The van der Waals surface area contributed by atoms with Crippen molar-refractivity contribution >= 4 is 50.5 Å². The predicted octanol–water partition coefficient (Wildman–Crippen LogP) is 4.97. The molecule has 1 unspecified atom stereocenters. The average molecular weight is 517 g/mol. The highest BCUT2D eigenvalue weighted by atomic mass is 32.2. The second-order valence-electron chi connectivity index (χ2n) is 8.33. The Kier molecular flexibility index (Phi) is 5.84. The molecular weight excluding hydrogens is 496 g/mol. The number of hydrogen-bond acceptors (Lipinski definition) is 7. The first-order valence-electron chi connectivity index (χ1n) is 11.3. The number of H-pyrrole nitrogens is 1. The molecule has 0 saturated heterocycles. The third-order valence-corrected chi connectivity index (χ3v) is 8.24. The molecule has 6 rings (SSSR count). The zero-order valence-electron chi connectivity index (χ0n) is 18.9. The van der Waals surface area contributed by atoms with Crippen LogP contribution < -0.4 is 15.4 Å². The largest absolute Gasteiger partial charge is 0.588 e. The molecule has 8 nitrogen and oxygen atoms in total. The zero-order valence-corrected chi connectivity index (χ0v) is 20.5. The minimum Gasteiger partial charge on any atom is -0.588 e. The van der Waals surface area contributed by atoms with Crippen LogP contribution in [0.4, 0.5) is 10.8 Å². The van der Waals surface area contributed by atoms with Gasteiger partial charge in [-0.3, -0.25) is 15.1 Å². The molecule has 2 N–H and O–H groups in total. The number of carbonyl (C=O) groups is 1. The average Bonchev–Trinajstić information content (AvgIpc) is 3.53. The van der Waals surface area contributed by atoms with Gasteiger partial charge in [0.1, 0.15) is 11.4 Å². The quantitative estimate of drug-likeness (QED) is 0.319. The molecule has 0 spiro atoms. The Morgan fingerprint density at radius 1 is 1.14 bits per heavy atom. The monoisotopic (exact) mass is 516 g/mol. The van der Waals surface area contributed by atoms with E-state index in [4.69, 9.17) is 4.42 Å². The van der Waals surface area contributed by atoms with Gasteiger partial charge in [-0.2, -0.15) is 4.31 Å². The van der Waals surface area contributed by atoms with Crippen molar-refractivity contribution in [2.75, 3.05) is 16.2 Å². The number of benzene rings is 3. The topological polar surface area (TPSA) is 114 Å². The van der Waals surface area contributed by atoms with E-state index in [0.717, 1.165) is 30.6 Å². The number of anilines is 2. The Morgan fingerprint density at radius 2 is 1.97 bits per heavy atom. The molecular formula is C26H20N4O4S2. The van der Waals surface area contributed by atoms with Crippen LogP contribution in [-0.4, -0.2) is 27.0 Å². The van der Waals surface area contributed by atoms with Crippen molar-refractivity contribution in [3.63, 3.8) is 0 Å². The van der Waals surface area contributed by atoms with E-state index in [1.165, 1.54) is 16.9 Å². The smallest absolute Gasteiger partial charge is 0.417 e. The number of nitrogens with zero attached hydrogens (tertiary/aromatic N) is 2. The van der Waals surface area contributed by atoms with Gasteiger partial charge in [-0.05, 0) is 60.9 Å². The van der Waals surface area contributed by atoms with Gasteiger partial charge in [-0.15, -0.1) is 11.3 Å². The van der Waals surface area contributed by atoms with E-state index < -0.39 is 17.1 Å². The SMILES string of the molecule is O=C(Nc1nc(-c2ccc3[nH]c(=O)oc3c2)cs1)c1ccc([S+]([O-])N2CCCc3ccccc32)cc1. The first kappa shape index (κ1) is 22.6. The Bertz CT molecular complexity index is 1620. The van der Waals surface area contributed by atoms with Crippen LogP contribution in [0.25, 0.3) is 22.4 Å². The molecule has 3 aromatic carbocycles. The number of aromatic nitrogens is 2. The first-order chi connectivity index (χ1) is 17.5. The van der Waals surface area contributed by atoms with E-state index in [-0.39, 0.29) is 5.91 Å². The number of oxazole rings is 1. The van der Waals surface area contributed by atoms with Gasteiger partial charge >= 0.3 is 5.76 Å². The minimum absolute atomic E-state index is 0.302. The van der Waals surface area contributed by atoms with E-state index in [9.17, 15) is 14.1 Å². The molecule has 5 aromatic rings. The summed E-state index contributed by atoms with van der Waals surface area (Å²) < 4.78 is 20.3. The lowest BCUT2D eigenvalue weighted by Crippen LogP contribution is -2.35. The van der Waals surface area contributed by atoms with Gasteiger partial charge in [0.05, 0.1) is 23.4 Å². The molecule has 0 bridgehead atoms. The van der Waals surface area contributed by atoms with Crippen molar-refractivity contribution in [2.45, 2.75) is 17.7 Å². The summed E-state index contributed by atoms with van der Waals surface area (Å²) in [5.74, 6) is -0.812. The molecule has 2 aromatic heterocycles. The lowest BCUT2D eigenvalue weighted by atomic mass is 10.0. The molecule has 0 fully saturated rings. The molecule has 0 aliphatic carbocycles. The summed E-state index contributed by atoms with van der Waals surface area (Å²) in [6, 6.07) is 20.2. The number of aromatic amines is 1. The molecule has 10 heteroatoms. The number of thiazole rings is 1. The lowest BCUT2D eigenvalue weighted by Gasteiger charge is -2.30. The van der Waals surface area contributed by atoms with Crippen molar-refractivity contribution in [1.29, 1.82) is 0 Å². The third kappa shape index (κ3) is 4.30. The maximum Gasteiger partial charge on any atom is 0.417 e. The fourth-order valence-electron chi connectivity index (χ4n) is 4.26. The standard InChI is InChI=1S/C26H20N4O4S2/c31-24(29-25-27-21(15-35-25)18-9-12-20-23(14-18)34-26(32)28-20)17-7-10-19(11-8-17)36(33)30-13-3-5-16-4-1-2-6-22(16)30/h1-2,4,6-12,14-15H,3,5,13H2,(H,28,32)(H,27,29,31). The van der Waals surface area contributed by atoms with E-state index in [1.54, 1.807) is 36.4 Å². The normalized spacial score (nSPS) is 14.0. The van der Waals surface area contributed by atoms with Crippen LogP contribution in [0.2, 0.25) is 0 Å². The van der Waals surface area contributed by atoms with Crippen LogP contribution in [0.3, 0.4) is 0 Å². The number of rotatable bonds is 5. The van der Waals surface area contributed by atoms with Gasteiger partial charge in [-0.1, -0.05) is 24.3 Å². The number of carbonyl (C=O) groups excluding carboxylic acids is 1. The second kappa shape index (κ2) is 9.30. The number of para-hydroxylation sites is 1. The first-order valence-corrected chi connectivity index (χ1v) is 13.3. The minimum atomic E-state index is -1.36. The van der Waals surface area contributed by atoms with Gasteiger partial charge in [0, 0.05) is 16.5 Å². The second-order valence-corrected chi connectivity index (χ2v) is 10.6. The van der Waals surface area contributed by atoms with Gasteiger partial charge < -0.3 is 8.97 Å². The number of nitrogens with one attached hydrogen (secondary N) is 2. The highest BCUT2D eigenvalue weighted by Gasteiger charge is 2.28. The van der Waals surface area contributed by atoms with Crippen molar-refractivity contribution in [1.82, 2.24) is 9.97 Å². The van der Waals surface area contributed by atoms with E-state index in [0.29, 0.717) is 32.4 Å². The van der Waals surface area contributed by atoms with E-state index >= 15 is 0 Å². The molecule has 0 saturated carbocycles. The van der Waals surface area contributed by atoms with Crippen LogP contribution in [-0.2, 0) is 17.8 Å². The molecule has 0 radical (unpaired) electrons. The summed E-state index contributed by atoms with van der Waals surface area (Å²) in [7, 11) is 0. The number of amides is 1. The van der Waals surface area contributed by atoms with Gasteiger partial charge in [0.25, 0.3) is 5.91 Å². The lowest BCUT2D eigenvalue weighted by molar-refractivity contribution is 0.102. The summed E-state index contributed by atoms with van der Waals surface area (Å²) in [5.41, 5.74) is 5.14. The fourth-order valence-corrected chi connectivity index (χ4v) is 6.25. The number of aryl methyl sites for hydroxylation is 1. The van der Waals surface area contributed by atoms with Gasteiger partial charge in [0.15, 0.2) is 15.6 Å². The molecule has 36 heavy (non-hydrogen) atoms. The Balaban J connectivity index is 1.15. The van der Waals surface area contributed by atoms with E-state index in [1.807, 2.05) is 34.0 Å². The molecule has 180 valence electrons. The fraction of sp³-hybridized carbons (Fsp3) is 0.115. The van der Waals surface area contributed by atoms with Crippen molar-refractivity contribution in [3.05, 3.63) is 93.8 Å². The number of fused-ring (bicyclic) bond motifs is 2. The predicted molar refractivity (Wildman–Crippen MR) is 141 cm³/mol. The highest BCUT2D eigenvalue weighted by Crippen LogP contribution is 2.32. The molecule has 1 aliphatic rings. The van der Waals surface area contributed by atoms with Crippen LogP contribution >= 0.6 is 11.3 Å². The summed E-state index contributed by atoms with van der Waals surface area (Å²) in [6.07, 6.45) is 1.94. The van der Waals surface area contributed by atoms with Crippen molar-refractivity contribution in [3.8, 4) is 11.3 Å². The number of hydrogen-bond donors (Lipinski definition) is 2.